The van der Waals surface area contributed by atoms with Crippen molar-refractivity contribution < 1.29 is 9.53 Å². The third-order valence-corrected chi connectivity index (χ3v) is 2.37. The minimum absolute atomic E-state index is 0.331. The zero-order chi connectivity index (χ0) is 12.7. The van der Waals surface area contributed by atoms with E-state index in [0.717, 1.165) is 18.5 Å². The minimum atomic E-state index is -0.331. The van der Waals surface area contributed by atoms with Gasteiger partial charge >= 0.3 is 6.09 Å². The van der Waals surface area contributed by atoms with Crippen molar-refractivity contribution in [2.24, 2.45) is 5.92 Å². The van der Waals surface area contributed by atoms with E-state index in [9.17, 15) is 4.79 Å². The van der Waals surface area contributed by atoms with Crippen molar-refractivity contribution in [2.45, 2.75) is 33.6 Å². The van der Waals surface area contributed by atoms with E-state index in [0.29, 0.717) is 19.1 Å². The number of rotatable bonds is 6. The first-order chi connectivity index (χ1) is 8.09. The summed E-state index contributed by atoms with van der Waals surface area (Å²) in [5.41, 5.74) is 2.29. The van der Waals surface area contributed by atoms with Crippen LogP contribution in [0.5, 0.6) is 0 Å². The number of amides is 1. The molecule has 2 N–H and O–H groups in total. The predicted molar refractivity (Wildman–Crippen MR) is 65.8 cm³/mol. The smallest absolute Gasteiger partial charge is 0.407 e. The van der Waals surface area contributed by atoms with Crippen molar-refractivity contribution in [3.8, 4) is 0 Å². The van der Waals surface area contributed by atoms with Gasteiger partial charge in [-0.1, -0.05) is 13.8 Å². The number of alkyl carbamates (subject to hydrolysis) is 1. The van der Waals surface area contributed by atoms with Gasteiger partial charge in [0, 0.05) is 12.2 Å². The Balaban J connectivity index is 2.08. The highest BCUT2D eigenvalue weighted by molar-refractivity contribution is 5.66. The van der Waals surface area contributed by atoms with Gasteiger partial charge in [-0.05, 0) is 31.2 Å². The van der Waals surface area contributed by atoms with Crippen molar-refractivity contribution in [1.29, 1.82) is 0 Å². The Morgan fingerprint density at radius 1 is 1.59 bits per heavy atom. The Morgan fingerprint density at radius 2 is 2.35 bits per heavy atom. The topological polar surface area (TPSA) is 67.0 Å². The lowest BCUT2D eigenvalue weighted by Gasteiger charge is -2.08. The van der Waals surface area contributed by atoms with E-state index in [1.807, 2.05) is 27.0 Å². The standard InChI is InChI=1S/C12H21N3O2/c1-9(2)8-17-12(16)13-6-4-5-11-7-14-15-10(11)3/h7,9H,4-6,8H2,1-3H3,(H,13,16)(H,14,15). The molecular weight excluding hydrogens is 218 g/mol. The van der Waals surface area contributed by atoms with Crippen LogP contribution in [0.1, 0.15) is 31.5 Å². The lowest BCUT2D eigenvalue weighted by Crippen LogP contribution is -2.26. The summed E-state index contributed by atoms with van der Waals surface area (Å²) in [5.74, 6) is 0.370. The maximum Gasteiger partial charge on any atom is 0.407 e. The van der Waals surface area contributed by atoms with E-state index >= 15 is 0 Å². The number of H-pyrrole nitrogens is 1. The molecule has 1 amide bonds. The van der Waals surface area contributed by atoms with Gasteiger partial charge in [-0.25, -0.2) is 4.79 Å². The monoisotopic (exact) mass is 239 g/mol. The summed E-state index contributed by atoms with van der Waals surface area (Å²) >= 11 is 0. The van der Waals surface area contributed by atoms with Gasteiger partial charge in [0.05, 0.1) is 12.8 Å². The summed E-state index contributed by atoms with van der Waals surface area (Å²) in [6.07, 6.45) is 3.29. The van der Waals surface area contributed by atoms with E-state index in [4.69, 9.17) is 4.74 Å². The molecule has 0 bridgehead atoms. The molecule has 0 aliphatic rings. The molecule has 0 radical (unpaired) electrons. The van der Waals surface area contributed by atoms with Crippen LogP contribution < -0.4 is 5.32 Å². The lowest BCUT2D eigenvalue weighted by atomic mass is 10.1. The zero-order valence-electron chi connectivity index (χ0n) is 10.7. The fraction of sp³-hybridized carbons (Fsp3) is 0.667. The molecule has 1 aromatic heterocycles. The molecule has 96 valence electrons. The van der Waals surface area contributed by atoms with Crippen molar-refractivity contribution in [3.05, 3.63) is 17.5 Å². The molecule has 0 fully saturated rings. The van der Waals surface area contributed by atoms with E-state index in [1.54, 1.807) is 0 Å². The molecule has 0 unspecified atom stereocenters. The number of carbonyl (C=O) groups is 1. The highest BCUT2D eigenvalue weighted by Gasteiger charge is 2.04. The molecule has 0 spiro atoms. The lowest BCUT2D eigenvalue weighted by molar-refractivity contribution is 0.133. The molecular formula is C12H21N3O2. The van der Waals surface area contributed by atoms with Gasteiger partial charge in [0.25, 0.3) is 0 Å². The van der Waals surface area contributed by atoms with Gasteiger partial charge in [-0.15, -0.1) is 0 Å². The Bertz CT molecular complexity index is 347. The number of carbonyl (C=O) groups excluding carboxylic acids is 1. The molecule has 0 saturated heterocycles. The van der Waals surface area contributed by atoms with Crippen molar-refractivity contribution in [2.75, 3.05) is 13.2 Å². The number of aryl methyl sites for hydroxylation is 2. The number of nitrogens with one attached hydrogen (secondary N) is 2. The Labute approximate surface area is 102 Å². The van der Waals surface area contributed by atoms with E-state index in [1.165, 1.54) is 5.56 Å². The number of hydrogen-bond donors (Lipinski definition) is 2. The second kappa shape index (κ2) is 6.93. The maximum atomic E-state index is 11.2. The largest absolute Gasteiger partial charge is 0.449 e. The molecule has 1 aromatic rings. The van der Waals surface area contributed by atoms with Gasteiger partial charge in [0.15, 0.2) is 0 Å². The van der Waals surface area contributed by atoms with Gasteiger partial charge in [-0.3, -0.25) is 5.10 Å². The average molecular weight is 239 g/mol. The molecule has 1 heterocycles. The normalized spacial score (nSPS) is 10.6. The van der Waals surface area contributed by atoms with Gasteiger partial charge < -0.3 is 10.1 Å². The molecule has 0 atom stereocenters. The van der Waals surface area contributed by atoms with Crippen LogP contribution in [0.2, 0.25) is 0 Å². The highest BCUT2D eigenvalue weighted by atomic mass is 16.5. The molecule has 5 nitrogen and oxygen atoms in total. The number of aromatic amines is 1. The van der Waals surface area contributed by atoms with E-state index in [-0.39, 0.29) is 6.09 Å². The molecule has 0 aliphatic heterocycles. The van der Waals surface area contributed by atoms with Crippen LogP contribution in [0.25, 0.3) is 0 Å². The molecule has 5 heteroatoms. The summed E-state index contributed by atoms with van der Waals surface area (Å²) in [7, 11) is 0. The van der Waals surface area contributed by atoms with Crippen LogP contribution in [0, 0.1) is 12.8 Å². The first-order valence-corrected chi connectivity index (χ1v) is 5.99. The van der Waals surface area contributed by atoms with Gasteiger partial charge in [-0.2, -0.15) is 5.10 Å². The van der Waals surface area contributed by atoms with Gasteiger partial charge in [0.2, 0.25) is 0 Å². The maximum absolute atomic E-state index is 11.2. The first-order valence-electron chi connectivity index (χ1n) is 5.99. The third kappa shape index (κ3) is 5.38. The number of ether oxygens (including phenoxy) is 1. The molecule has 1 rings (SSSR count). The van der Waals surface area contributed by atoms with E-state index in [2.05, 4.69) is 15.5 Å². The number of aromatic nitrogens is 2. The summed E-state index contributed by atoms with van der Waals surface area (Å²) in [4.78, 5) is 11.2. The molecule has 0 aromatic carbocycles. The summed E-state index contributed by atoms with van der Waals surface area (Å²) < 4.78 is 5.00. The van der Waals surface area contributed by atoms with Crippen LogP contribution in [-0.4, -0.2) is 29.4 Å². The summed E-state index contributed by atoms with van der Waals surface area (Å²) in [5, 5.41) is 9.56. The quantitative estimate of drug-likeness (QED) is 0.746. The van der Waals surface area contributed by atoms with Crippen molar-refractivity contribution in [3.63, 3.8) is 0 Å². The van der Waals surface area contributed by atoms with Crippen LogP contribution >= 0.6 is 0 Å². The van der Waals surface area contributed by atoms with E-state index < -0.39 is 0 Å². The second-order valence-electron chi connectivity index (χ2n) is 4.54. The van der Waals surface area contributed by atoms with Gasteiger partial charge in [0.1, 0.15) is 0 Å². The zero-order valence-corrected chi connectivity index (χ0v) is 10.7. The SMILES string of the molecule is Cc1[nH]ncc1CCCNC(=O)OCC(C)C. The van der Waals surface area contributed by atoms with Crippen LogP contribution in [0.15, 0.2) is 6.20 Å². The van der Waals surface area contributed by atoms with Crippen molar-refractivity contribution in [1.82, 2.24) is 15.5 Å². The number of nitrogens with zero attached hydrogens (tertiary/aromatic N) is 1. The second-order valence-corrected chi connectivity index (χ2v) is 4.54. The summed E-state index contributed by atoms with van der Waals surface area (Å²) in [6.45, 7) is 7.10. The number of hydrogen-bond acceptors (Lipinski definition) is 3. The fourth-order valence-corrected chi connectivity index (χ4v) is 1.39. The van der Waals surface area contributed by atoms with Crippen molar-refractivity contribution >= 4 is 6.09 Å². The Morgan fingerprint density at radius 3 is 2.94 bits per heavy atom. The minimum Gasteiger partial charge on any atom is -0.449 e. The highest BCUT2D eigenvalue weighted by Crippen LogP contribution is 2.04. The van der Waals surface area contributed by atoms with Crippen LogP contribution in [0.4, 0.5) is 4.79 Å². The van der Waals surface area contributed by atoms with Crippen LogP contribution in [0.3, 0.4) is 0 Å². The third-order valence-electron chi connectivity index (χ3n) is 2.37. The Kier molecular flexibility index (Phi) is 5.52. The predicted octanol–water partition coefficient (Wildman–Crippen LogP) is 2.03. The molecule has 0 saturated carbocycles. The Hall–Kier alpha value is -1.52. The fourth-order valence-electron chi connectivity index (χ4n) is 1.39. The van der Waals surface area contributed by atoms with Crippen LogP contribution in [-0.2, 0) is 11.2 Å². The average Bonchev–Trinajstić information content (AvgIpc) is 2.68. The summed E-state index contributed by atoms with van der Waals surface area (Å²) in [6, 6.07) is 0. The first kappa shape index (κ1) is 13.5. The molecule has 0 aliphatic carbocycles. The molecule has 17 heavy (non-hydrogen) atoms.